The fraction of sp³-hybridized carbons (Fsp3) is 0.150. The van der Waals surface area contributed by atoms with Crippen molar-refractivity contribution in [1.82, 2.24) is 10.3 Å². The summed E-state index contributed by atoms with van der Waals surface area (Å²) in [5.74, 6) is 1.06. The molecule has 0 atom stereocenters. The highest BCUT2D eigenvalue weighted by Crippen LogP contribution is 2.32. The molecule has 150 valence electrons. The number of carbonyl (C=O) groups excluding carboxylic acids is 1. The van der Waals surface area contributed by atoms with E-state index in [0.29, 0.717) is 23.1 Å². The Morgan fingerprint density at radius 2 is 2.10 bits per heavy atom. The van der Waals surface area contributed by atoms with Crippen molar-refractivity contribution in [2.45, 2.75) is 6.92 Å². The Hall–Kier alpha value is -2.49. The molecule has 6 nitrogen and oxygen atoms in total. The Morgan fingerprint density at radius 1 is 1.28 bits per heavy atom. The Balaban J connectivity index is 1.63. The molecular weight excluding hydrogens is 474 g/mol. The van der Waals surface area contributed by atoms with Gasteiger partial charge in [-0.15, -0.1) is 11.3 Å². The zero-order valence-electron chi connectivity index (χ0n) is 15.7. The van der Waals surface area contributed by atoms with Gasteiger partial charge < -0.3 is 14.8 Å². The van der Waals surface area contributed by atoms with Crippen molar-refractivity contribution in [2.24, 2.45) is 0 Å². The van der Waals surface area contributed by atoms with Gasteiger partial charge in [0.25, 0.3) is 5.91 Å². The van der Waals surface area contributed by atoms with Crippen LogP contribution in [0.2, 0.25) is 0 Å². The number of aromatic nitrogens is 1. The first-order valence-corrected chi connectivity index (χ1v) is 10.7. The van der Waals surface area contributed by atoms with Crippen LogP contribution in [0.4, 0.5) is 5.13 Å². The first-order valence-electron chi connectivity index (χ1n) is 8.64. The lowest BCUT2D eigenvalue weighted by Crippen LogP contribution is -2.34. The van der Waals surface area contributed by atoms with Crippen molar-refractivity contribution in [3.8, 4) is 22.8 Å². The van der Waals surface area contributed by atoms with E-state index in [1.165, 1.54) is 11.3 Å². The molecule has 29 heavy (non-hydrogen) atoms. The molecule has 3 aromatic rings. The maximum Gasteiger partial charge on any atom is 0.257 e. The molecule has 1 amide bonds. The van der Waals surface area contributed by atoms with Crippen LogP contribution < -0.4 is 20.1 Å². The van der Waals surface area contributed by atoms with E-state index in [1.807, 2.05) is 30.5 Å². The maximum atomic E-state index is 12.4. The minimum Gasteiger partial charge on any atom is -0.496 e. The average molecular weight is 492 g/mol. The minimum atomic E-state index is -0.320. The normalized spacial score (nSPS) is 10.3. The Kier molecular flexibility index (Phi) is 7.18. The van der Waals surface area contributed by atoms with Gasteiger partial charge in [0.05, 0.1) is 23.9 Å². The Labute approximate surface area is 186 Å². The number of methoxy groups -OCH3 is 1. The maximum absolute atomic E-state index is 12.4. The SMILES string of the molecule is CCOc1cccc(C(=O)NC(=S)Nc2nc(-c3ccc(OC)c(Br)c3)cs2)c1. The van der Waals surface area contributed by atoms with Gasteiger partial charge in [-0.1, -0.05) is 6.07 Å². The number of hydrogen-bond donors (Lipinski definition) is 2. The molecular formula is C20H18BrN3O3S2. The number of rotatable bonds is 6. The molecule has 0 fully saturated rings. The highest BCUT2D eigenvalue weighted by Gasteiger charge is 2.12. The molecule has 0 saturated heterocycles. The third-order valence-corrected chi connectivity index (χ3v) is 5.39. The van der Waals surface area contributed by atoms with Crippen LogP contribution in [0.1, 0.15) is 17.3 Å². The van der Waals surface area contributed by atoms with Gasteiger partial charge in [0.15, 0.2) is 10.2 Å². The number of thiazole rings is 1. The standard InChI is InChI=1S/C20H18BrN3O3S2/c1-3-27-14-6-4-5-13(9-14)18(25)23-19(28)24-20-22-16(11-29-20)12-7-8-17(26-2)15(21)10-12/h4-11H,3H2,1-2H3,(H2,22,23,24,25,28). The largest absolute Gasteiger partial charge is 0.496 e. The quantitative estimate of drug-likeness (QED) is 0.467. The lowest BCUT2D eigenvalue weighted by Gasteiger charge is -2.09. The Bertz CT molecular complexity index is 1040. The summed E-state index contributed by atoms with van der Waals surface area (Å²) >= 11 is 10.1. The van der Waals surface area contributed by atoms with E-state index in [9.17, 15) is 4.79 Å². The van der Waals surface area contributed by atoms with Crippen LogP contribution in [0, 0.1) is 0 Å². The molecule has 0 aliphatic carbocycles. The molecule has 0 radical (unpaired) electrons. The summed E-state index contributed by atoms with van der Waals surface area (Å²) < 4.78 is 11.5. The van der Waals surface area contributed by atoms with E-state index in [4.69, 9.17) is 21.7 Å². The molecule has 0 aliphatic heterocycles. The van der Waals surface area contributed by atoms with Crippen LogP contribution >= 0.6 is 39.5 Å². The number of anilines is 1. The predicted octanol–water partition coefficient (Wildman–Crippen LogP) is 5.11. The molecule has 0 bridgehead atoms. The third kappa shape index (κ3) is 5.53. The molecule has 0 unspecified atom stereocenters. The topological polar surface area (TPSA) is 72.5 Å². The molecule has 3 rings (SSSR count). The zero-order valence-corrected chi connectivity index (χ0v) is 18.9. The molecule has 2 aromatic carbocycles. The summed E-state index contributed by atoms with van der Waals surface area (Å²) in [5, 5.41) is 8.27. The molecule has 0 spiro atoms. The number of carbonyl (C=O) groups is 1. The molecule has 9 heteroatoms. The second kappa shape index (κ2) is 9.82. The van der Waals surface area contributed by atoms with E-state index in [2.05, 4.69) is 31.5 Å². The smallest absolute Gasteiger partial charge is 0.257 e. The first kappa shape index (κ1) is 21.2. The highest BCUT2D eigenvalue weighted by molar-refractivity contribution is 9.10. The number of hydrogen-bond acceptors (Lipinski definition) is 6. The van der Waals surface area contributed by atoms with Crippen molar-refractivity contribution in [2.75, 3.05) is 19.0 Å². The van der Waals surface area contributed by atoms with E-state index in [-0.39, 0.29) is 11.0 Å². The van der Waals surface area contributed by atoms with Gasteiger partial charge in [0.2, 0.25) is 0 Å². The van der Waals surface area contributed by atoms with Crippen LogP contribution in [0.3, 0.4) is 0 Å². The number of thiocarbonyl (C=S) groups is 1. The van der Waals surface area contributed by atoms with Crippen LogP contribution in [-0.2, 0) is 0 Å². The van der Waals surface area contributed by atoms with Gasteiger partial charge in [0.1, 0.15) is 11.5 Å². The van der Waals surface area contributed by atoms with Crippen LogP contribution in [0.25, 0.3) is 11.3 Å². The highest BCUT2D eigenvalue weighted by atomic mass is 79.9. The molecule has 1 aromatic heterocycles. The van der Waals surface area contributed by atoms with Crippen molar-refractivity contribution in [1.29, 1.82) is 0 Å². The summed E-state index contributed by atoms with van der Waals surface area (Å²) in [4.78, 5) is 16.9. The second-order valence-corrected chi connectivity index (χ2v) is 7.88. The number of benzene rings is 2. The summed E-state index contributed by atoms with van der Waals surface area (Å²) in [5.41, 5.74) is 2.19. The predicted molar refractivity (Wildman–Crippen MR) is 123 cm³/mol. The fourth-order valence-corrected chi connectivity index (χ4v) is 4.01. The summed E-state index contributed by atoms with van der Waals surface area (Å²) in [6.07, 6.45) is 0. The van der Waals surface area contributed by atoms with Crippen LogP contribution in [0.5, 0.6) is 11.5 Å². The van der Waals surface area contributed by atoms with Gasteiger partial charge in [-0.25, -0.2) is 4.98 Å². The molecule has 0 aliphatic rings. The third-order valence-electron chi connectivity index (χ3n) is 3.81. The van der Waals surface area contributed by atoms with E-state index < -0.39 is 0 Å². The van der Waals surface area contributed by atoms with Gasteiger partial charge in [-0.2, -0.15) is 0 Å². The van der Waals surface area contributed by atoms with Crippen LogP contribution in [0.15, 0.2) is 52.3 Å². The first-order chi connectivity index (χ1) is 14.0. The molecule has 2 N–H and O–H groups in total. The Morgan fingerprint density at radius 3 is 2.83 bits per heavy atom. The van der Waals surface area contributed by atoms with E-state index in [1.54, 1.807) is 31.4 Å². The van der Waals surface area contributed by atoms with Gasteiger partial charge >= 0.3 is 0 Å². The minimum absolute atomic E-state index is 0.175. The fourth-order valence-electron chi connectivity index (χ4n) is 2.49. The number of nitrogens with one attached hydrogen (secondary N) is 2. The van der Waals surface area contributed by atoms with Crippen molar-refractivity contribution >= 4 is 55.6 Å². The molecule has 0 saturated carbocycles. The monoisotopic (exact) mass is 491 g/mol. The van der Waals surface area contributed by atoms with Crippen molar-refractivity contribution < 1.29 is 14.3 Å². The molecule has 1 heterocycles. The lowest BCUT2D eigenvalue weighted by molar-refractivity contribution is 0.0977. The number of nitrogens with zero attached hydrogens (tertiary/aromatic N) is 1. The van der Waals surface area contributed by atoms with Gasteiger partial charge in [0, 0.05) is 16.5 Å². The number of halogens is 1. The van der Waals surface area contributed by atoms with Gasteiger partial charge in [-0.05, 0) is 71.5 Å². The second-order valence-electron chi connectivity index (χ2n) is 5.76. The summed E-state index contributed by atoms with van der Waals surface area (Å²) in [7, 11) is 1.62. The van der Waals surface area contributed by atoms with Crippen LogP contribution in [-0.4, -0.2) is 29.7 Å². The van der Waals surface area contributed by atoms with E-state index >= 15 is 0 Å². The average Bonchev–Trinajstić information content (AvgIpc) is 3.16. The van der Waals surface area contributed by atoms with Crippen molar-refractivity contribution in [3.05, 3.63) is 57.9 Å². The van der Waals surface area contributed by atoms with E-state index in [0.717, 1.165) is 21.5 Å². The van der Waals surface area contributed by atoms with Crippen molar-refractivity contribution in [3.63, 3.8) is 0 Å². The summed E-state index contributed by atoms with van der Waals surface area (Å²) in [6, 6.07) is 12.7. The number of amides is 1. The zero-order chi connectivity index (χ0) is 20.8. The lowest BCUT2D eigenvalue weighted by atomic mass is 10.2. The number of ether oxygens (including phenoxy) is 2. The van der Waals surface area contributed by atoms with Gasteiger partial charge in [-0.3, -0.25) is 10.1 Å². The summed E-state index contributed by atoms with van der Waals surface area (Å²) in [6.45, 7) is 2.42.